The second-order valence-corrected chi connectivity index (χ2v) is 5.72. The number of aryl methyl sites for hydroxylation is 2. The van der Waals surface area contributed by atoms with Crippen LogP contribution in [-0.4, -0.2) is 30.5 Å². The van der Waals surface area contributed by atoms with Crippen molar-refractivity contribution in [3.8, 4) is 6.07 Å². The molecule has 5 nitrogen and oxygen atoms in total. The van der Waals surface area contributed by atoms with E-state index < -0.39 is 0 Å². The second kappa shape index (κ2) is 6.57. The van der Waals surface area contributed by atoms with Crippen LogP contribution in [0.3, 0.4) is 0 Å². The van der Waals surface area contributed by atoms with E-state index >= 15 is 0 Å². The quantitative estimate of drug-likeness (QED) is 0.921. The maximum absolute atomic E-state index is 11.0. The summed E-state index contributed by atoms with van der Waals surface area (Å²) in [5, 5.41) is 12.2. The fraction of sp³-hybridized carbons (Fsp3) is 0.562. The molecule has 5 heteroatoms. The average molecular weight is 286 g/mol. The number of hydrogen-bond donors (Lipinski definition) is 1. The largest absolute Gasteiger partial charge is 0.370 e. The minimum atomic E-state index is 0.0320. The third kappa shape index (κ3) is 3.72. The van der Waals surface area contributed by atoms with Crippen molar-refractivity contribution in [1.29, 1.82) is 5.26 Å². The number of carbonyl (C=O) groups is 1. The van der Waals surface area contributed by atoms with Gasteiger partial charge in [-0.15, -0.1) is 0 Å². The van der Waals surface area contributed by atoms with Crippen LogP contribution in [0, 0.1) is 31.1 Å². The van der Waals surface area contributed by atoms with E-state index in [0.717, 1.165) is 49.6 Å². The molecule has 0 saturated carbocycles. The van der Waals surface area contributed by atoms with Crippen molar-refractivity contribution in [1.82, 2.24) is 10.3 Å². The fourth-order valence-corrected chi connectivity index (χ4v) is 2.86. The highest BCUT2D eigenvalue weighted by atomic mass is 16.1. The van der Waals surface area contributed by atoms with Crippen molar-refractivity contribution < 1.29 is 4.79 Å². The van der Waals surface area contributed by atoms with E-state index in [1.54, 1.807) is 6.92 Å². The van der Waals surface area contributed by atoms with Crippen LogP contribution in [0.25, 0.3) is 0 Å². The average Bonchev–Trinajstić information content (AvgIpc) is 2.45. The molecule has 2 heterocycles. The van der Waals surface area contributed by atoms with Gasteiger partial charge in [-0.2, -0.15) is 5.26 Å². The molecule has 1 aromatic rings. The lowest BCUT2D eigenvalue weighted by molar-refractivity contribution is -0.119. The first kappa shape index (κ1) is 15.3. The maximum atomic E-state index is 11.0. The van der Waals surface area contributed by atoms with E-state index in [0.29, 0.717) is 11.5 Å². The summed E-state index contributed by atoms with van der Waals surface area (Å²) in [6.45, 7) is 7.99. The Balaban J connectivity index is 2.06. The van der Waals surface area contributed by atoms with Gasteiger partial charge in [-0.05, 0) is 38.7 Å². The second-order valence-electron chi connectivity index (χ2n) is 5.72. The number of pyridine rings is 1. The Morgan fingerprint density at radius 1 is 1.48 bits per heavy atom. The van der Waals surface area contributed by atoms with Crippen LogP contribution in [0.5, 0.6) is 0 Å². The summed E-state index contributed by atoms with van der Waals surface area (Å²) in [4.78, 5) is 17.6. The highest BCUT2D eigenvalue weighted by Crippen LogP contribution is 2.27. The summed E-state index contributed by atoms with van der Waals surface area (Å²) in [5.74, 6) is 0.560. The zero-order chi connectivity index (χ0) is 15.4. The zero-order valence-electron chi connectivity index (χ0n) is 12.9. The molecule has 0 spiro atoms. The summed E-state index contributed by atoms with van der Waals surface area (Å²) >= 11 is 0. The van der Waals surface area contributed by atoms with Gasteiger partial charge in [0.05, 0.1) is 16.9 Å². The van der Waals surface area contributed by atoms with Crippen molar-refractivity contribution in [2.45, 2.75) is 33.6 Å². The number of aromatic nitrogens is 1. The first-order valence-electron chi connectivity index (χ1n) is 7.39. The molecule has 21 heavy (non-hydrogen) atoms. The first-order chi connectivity index (χ1) is 10.0. The minimum Gasteiger partial charge on any atom is -0.370 e. The van der Waals surface area contributed by atoms with E-state index in [1.165, 1.54) is 0 Å². The molecule has 1 N–H and O–H groups in total. The topological polar surface area (TPSA) is 69.0 Å². The molecular formula is C16H22N4O. The lowest BCUT2D eigenvalue weighted by Gasteiger charge is -2.34. The third-order valence-corrected chi connectivity index (χ3v) is 4.01. The Hall–Kier alpha value is -2.09. The number of anilines is 1. The summed E-state index contributed by atoms with van der Waals surface area (Å²) in [5.41, 5.74) is 3.43. The van der Waals surface area contributed by atoms with Crippen molar-refractivity contribution in [2.24, 2.45) is 5.92 Å². The van der Waals surface area contributed by atoms with Gasteiger partial charge in [-0.25, -0.2) is 0 Å². The highest BCUT2D eigenvalue weighted by Gasteiger charge is 2.22. The number of carbonyl (C=O) groups excluding carboxylic acids is 1. The van der Waals surface area contributed by atoms with Crippen LogP contribution in [0.1, 0.15) is 36.7 Å². The van der Waals surface area contributed by atoms with Crippen molar-refractivity contribution >= 4 is 11.6 Å². The normalized spacial score (nSPS) is 15.6. The molecule has 112 valence electrons. The third-order valence-electron chi connectivity index (χ3n) is 4.01. The van der Waals surface area contributed by atoms with Crippen LogP contribution in [0.15, 0.2) is 6.07 Å². The monoisotopic (exact) mass is 286 g/mol. The fourth-order valence-electron chi connectivity index (χ4n) is 2.86. The minimum absolute atomic E-state index is 0.0320. The predicted octanol–water partition coefficient (Wildman–Crippen LogP) is 1.92. The van der Waals surface area contributed by atoms with Crippen LogP contribution in [0.4, 0.5) is 5.69 Å². The predicted molar refractivity (Wildman–Crippen MR) is 82.0 cm³/mol. The van der Waals surface area contributed by atoms with E-state index in [-0.39, 0.29) is 5.91 Å². The van der Waals surface area contributed by atoms with E-state index in [2.05, 4.69) is 21.3 Å². The zero-order valence-corrected chi connectivity index (χ0v) is 12.9. The Labute approximate surface area is 126 Å². The van der Waals surface area contributed by atoms with Gasteiger partial charge in [0.25, 0.3) is 0 Å². The molecule has 1 aromatic heterocycles. The van der Waals surface area contributed by atoms with E-state index in [1.807, 2.05) is 19.9 Å². The molecule has 0 unspecified atom stereocenters. The van der Waals surface area contributed by atoms with Gasteiger partial charge in [0.2, 0.25) is 5.91 Å². The summed E-state index contributed by atoms with van der Waals surface area (Å²) in [7, 11) is 0. The lowest BCUT2D eigenvalue weighted by atomic mass is 9.95. The number of nitrogens with one attached hydrogen (secondary N) is 1. The van der Waals surface area contributed by atoms with Crippen LogP contribution >= 0.6 is 0 Å². The van der Waals surface area contributed by atoms with Gasteiger partial charge in [-0.1, -0.05) is 0 Å². The summed E-state index contributed by atoms with van der Waals surface area (Å²) < 4.78 is 0. The standard InChI is InChI=1S/C16H22N4O/c1-11-8-16(15(9-17)12(2)19-11)20-6-4-14(5-7-20)10-18-13(3)21/h8,14H,4-7,10H2,1-3H3,(H,18,21). The summed E-state index contributed by atoms with van der Waals surface area (Å²) in [6, 6.07) is 4.28. The van der Waals surface area contributed by atoms with Crippen molar-refractivity contribution in [3.63, 3.8) is 0 Å². The molecule has 0 aliphatic carbocycles. The molecule has 1 aliphatic heterocycles. The molecule has 0 radical (unpaired) electrons. The summed E-state index contributed by atoms with van der Waals surface area (Å²) in [6.07, 6.45) is 2.07. The molecule has 1 aliphatic rings. The van der Waals surface area contributed by atoms with Gasteiger partial charge >= 0.3 is 0 Å². The molecule has 1 amide bonds. The lowest BCUT2D eigenvalue weighted by Crippen LogP contribution is -2.38. The van der Waals surface area contributed by atoms with Crippen LogP contribution < -0.4 is 10.2 Å². The van der Waals surface area contributed by atoms with Gasteiger partial charge in [-0.3, -0.25) is 9.78 Å². The molecule has 0 aromatic carbocycles. The van der Waals surface area contributed by atoms with Gasteiger partial charge in [0, 0.05) is 32.3 Å². The molecule has 2 rings (SSSR count). The number of rotatable bonds is 3. The first-order valence-corrected chi connectivity index (χ1v) is 7.39. The van der Waals surface area contributed by atoms with Crippen molar-refractivity contribution in [3.05, 3.63) is 23.0 Å². The van der Waals surface area contributed by atoms with Gasteiger partial charge in [0.15, 0.2) is 0 Å². The van der Waals surface area contributed by atoms with Gasteiger partial charge < -0.3 is 10.2 Å². The molecule has 0 bridgehead atoms. The Morgan fingerprint density at radius 3 is 2.71 bits per heavy atom. The van der Waals surface area contributed by atoms with E-state index in [4.69, 9.17) is 0 Å². The Morgan fingerprint density at radius 2 is 2.14 bits per heavy atom. The number of nitrogens with zero attached hydrogens (tertiary/aromatic N) is 3. The molecule has 0 atom stereocenters. The van der Waals surface area contributed by atoms with Crippen LogP contribution in [-0.2, 0) is 4.79 Å². The van der Waals surface area contributed by atoms with Crippen molar-refractivity contribution in [2.75, 3.05) is 24.5 Å². The Bertz CT molecular complexity index is 568. The van der Waals surface area contributed by atoms with Crippen LogP contribution in [0.2, 0.25) is 0 Å². The smallest absolute Gasteiger partial charge is 0.216 e. The highest BCUT2D eigenvalue weighted by molar-refractivity contribution is 5.72. The maximum Gasteiger partial charge on any atom is 0.216 e. The molecule has 1 fully saturated rings. The number of piperidine rings is 1. The number of amides is 1. The van der Waals surface area contributed by atoms with E-state index in [9.17, 15) is 10.1 Å². The molecule has 1 saturated heterocycles. The number of nitriles is 1. The Kier molecular flexibility index (Phi) is 4.79. The SMILES string of the molecule is CC(=O)NCC1CCN(c2cc(C)nc(C)c2C#N)CC1. The number of hydrogen-bond acceptors (Lipinski definition) is 4. The molecular weight excluding hydrogens is 264 g/mol. The van der Waals surface area contributed by atoms with Gasteiger partial charge in [0.1, 0.15) is 6.07 Å².